The van der Waals surface area contributed by atoms with Gasteiger partial charge >= 0.3 is 0 Å². The zero-order chi connectivity index (χ0) is 16.1. The molecule has 0 N–H and O–H groups in total. The molecule has 116 valence electrons. The molecular weight excluding hydrogens is 278 g/mol. The van der Waals surface area contributed by atoms with Gasteiger partial charge < -0.3 is 9.30 Å². The van der Waals surface area contributed by atoms with Crippen molar-refractivity contribution in [1.82, 2.24) is 4.57 Å². The summed E-state index contributed by atoms with van der Waals surface area (Å²) in [5.74, 6) is 0.717. The SMILES string of the molecule is CCCCn1c(-c2cc(C)ccc2OC)ccc(C=O)c1=O. The van der Waals surface area contributed by atoms with E-state index in [2.05, 4.69) is 6.92 Å². The standard InChI is InChI=1S/C18H21NO3/c1-4-5-10-19-16(8-7-14(12-20)18(19)21)15-11-13(2)6-9-17(15)22-3/h6-9,11-12H,4-5,10H2,1-3H3. The number of pyridine rings is 1. The largest absolute Gasteiger partial charge is 0.496 e. The number of unbranched alkanes of at least 4 members (excludes halogenated alkanes) is 1. The van der Waals surface area contributed by atoms with Crippen LogP contribution in [-0.2, 0) is 6.54 Å². The highest BCUT2D eigenvalue weighted by atomic mass is 16.5. The highest BCUT2D eigenvalue weighted by Crippen LogP contribution is 2.30. The molecule has 0 amide bonds. The first-order valence-corrected chi connectivity index (χ1v) is 7.46. The van der Waals surface area contributed by atoms with Crippen molar-refractivity contribution in [1.29, 1.82) is 0 Å². The monoisotopic (exact) mass is 299 g/mol. The smallest absolute Gasteiger partial charge is 0.261 e. The number of rotatable bonds is 6. The fraction of sp³-hybridized carbons (Fsp3) is 0.333. The van der Waals surface area contributed by atoms with Crippen molar-refractivity contribution in [2.45, 2.75) is 33.2 Å². The molecule has 0 aliphatic carbocycles. The number of hydrogen-bond acceptors (Lipinski definition) is 3. The van der Waals surface area contributed by atoms with Crippen molar-refractivity contribution in [3.8, 4) is 17.0 Å². The minimum atomic E-state index is -0.246. The van der Waals surface area contributed by atoms with Crippen LogP contribution >= 0.6 is 0 Å². The van der Waals surface area contributed by atoms with Gasteiger partial charge in [0.15, 0.2) is 6.29 Å². The van der Waals surface area contributed by atoms with Crippen molar-refractivity contribution in [3.63, 3.8) is 0 Å². The van der Waals surface area contributed by atoms with Gasteiger partial charge in [0.05, 0.1) is 18.4 Å². The Hall–Kier alpha value is -2.36. The quantitative estimate of drug-likeness (QED) is 0.768. The number of aryl methyl sites for hydroxylation is 1. The van der Waals surface area contributed by atoms with Gasteiger partial charge in [0.1, 0.15) is 5.75 Å². The predicted octanol–water partition coefficient (Wildman–Crippen LogP) is 3.44. The second-order valence-electron chi connectivity index (χ2n) is 5.31. The van der Waals surface area contributed by atoms with Gasteiger partial charge in [-0.15, -0.1) is 0 Å². The number of aromatic nitrogens is 1. The summed E-state index contributed by atoms with van der Waals surface area (Å²) < 4.78 is 7.10. The molecular formula is C18H21NO3. The third-order valence-electron chi connectivity index (χ3n) is 3.70. The fourth-order valence-electron chi connectivity index (χ4n) is 2.48. The van der Waals surface area contributed by atoms with Crippen molar-refractivity contribution in [3.05, 3.63) is 51.8 Å². The van der Waals surface area contributed by atoms with Gasteiger partial charge in [-0.1, -0.05) is 25.0 Å². The molecule has 0 fully saturated rings. The first kappa shape index (κ1) is 16.0. The zero-order valence-electron chi connectivity index (χ0n) is 13.3. The molecule has 0 aliphatic rings. The van der Waals surface area contributed by atoms with Gasteiger partial charge in [-0.25, -0.2) is 0 Å². The van der Waals surface area contributed by atoms with E-state index < -0.39 is 0 Å². The van der Waals surface area contributed by atoms with E-state index in [1.165, 1.54) is 0 Å². The van der Waals surface area contributed by atoms with Gasteiger partial charge in [0, 0.05) is 12.1 Å². The van der Waals surface area contributed by atoms with Gasteiger partial charge in [-0.3, -0.25) is 9.59 Å². The number of methoxy groups -OCH3 is 1. The lowest BCUT2D eigenvalue weighted by Gasteiger charge is -2.16. The Labute approximate surface area is 130 Å². The molecule has 2 rings (SSSR count). The van der Waals surface area contributed by atoms with Gasteiger partial charge in [0.25, 0.3) is 5.56 Å². The summed E-state index contributed by atoms with van der Waals surface area (Å²) in [6.07, 6.45) is 2.47. The number of hydrogen-bond donors (Lipinski definition) is 0. The lowest BCUT2D eigenvalue weighted by Crippen LogP contribution is -2.25. The summed E-state index contributed by atoms with van der Waals surface area (Å²) in [5.41, 5.74) is 2.68. The normalized spacial score (nSPS) is 10.5. The van der Waals surface area contributed by atoms with E-state index in [1.54, 1.807) is 17.7 Å². The average Bonchev–Trinajstić information content (AvgIpc) is 2.53. The maximum absolute atomic E-state index is 12.5. The number of nitrogens with zero attached hydrogens (tertiary/aromatic N) is 1. The molecule has 0 bridgehead atoms. The third kappa shape index (κ3) is 3.11. The molecule has 0 saturated carbocycles. The summed E-state index contributed by atoms with van der Waals surface area (Å²) in [4.78, 5) is 23.5. The number of benzene rings is 1. The Balaban J connectivity index is 2.69. The minimum Gasteiger partial charge on any atom is -0.496 e. The van der Waals surface area contributed by atoms with Crippen molar-refractivity contribution >= 4 is 6.29 Å². The Bertz CT molecular complexity index is 732. The summed E-state index contributed by atoms with van der Waals surface area (Å²) >= 11 is 0. The van der Waals surface area contributed by atoms with E-state index in [0.29, 0.717) is 18.6 Å². The van der Waals surface area contributed by atoms with Crippen LogP contribution in [0.5, 0.6) is 5.75 Å². The molecule has 1 aromatic carbocycles. The van der Waals surface area contributed by atoms with Crippen LogP contribution in [0.4, 0.5) is 0 Å². The second-order valence-corrected chi connectivity index (χ2v) is 5.31. The van der Waals surface area contributed by atoms with E-state index in [1.807, 2.05) is 31.2 Å². The Morgan fingerprint density at radius 1 is 1.23 bits per heavy atom. The van der Waals surface area contributed by atoms with Crippen molar-refractivity contribution < 1.29 is 9.53 Å². The zero-order valence-corrected chi connectivity index (χ0v) is 13.3. The van der Waals surface area contributed by atoms with E-state index in [9.17, 15) is 9.59 Å². The van der Waals surface area contributed by atoms with Crippen LogP contribution in [0.2, 0.25) is 0 Å². The molecule has 0 unspecified atom stereocenters. The van der Waals surface area contributed by atoms with E-state index >= 15 is 0 Å². The highest BCUT2D eigenvalue weighted by molar-refractivity contribution is 5.76. The first-order chi connectivity index (χ1) is 10.6. The molecule has 0 atom stereocenters. The van der Waals surface area contributed by atoms with E-state index in [-0.39, 0.29) is 11.1 Å². The second kappa shape index (κ2) is 7.07. The molecule has 22 heavy (non-hydrogen) atoms. The van der Waals surface area contributed by atoms with E-state index in [0.717, 1.165) is 29.7 Å². The van der Waals surface area contributed by atoms with Crippen molar-refractivity contribution in [2.24, 2.45) is 0 Å². The average molecular weight is 299 g/mol. The number of carbonyl (C=O) groups is 1. The predicted molar refractivity (Wildman–Crippen MR) is 87.7 cm³/mol. The van der Waals surface area contributed by atoms with Gasteiger partial charge in [0.2, 0.25) is 0 Å². The molecule has 0 radical (unpaired) electrons. The maximum Gasteiger partial charge on any atom is 0.261 e. The third-order valence-corrected chi connectivity index (χ3v) is 3.70. The molecule has 2 aromatic rings. The summed E-state index contributed by atoms with van der Waals surface area (Å²) in [6, 6.07) is 9.26. The molecule has 4 heteroatoms. The summed E-state index contributed by atoms with van der Waals surface area (Å²) in [5, 5.41) is 0. The van der Waals surface area contributed by atoms with E-state index in [4.69, 9.17) is 4.74 Å². The number of ether oxygens (including phenoxy) is 1. The topological polar surface area (TPSA) is 48.3 Å². The molecule has 0 saturated heterocycles. The van der Waals surface area contributed by atoms with Gasteiger partial charge in [-0.05, 0) is 37.6 Å². The van der Waals surface area contributed by atoms with Crippen LogP contribution in [0.25, 0.3) is 11.3 Å². The van der Waals surface area contributed by atoms with Crippen LogP contribution in [-0.4, -0.2) is 18.0 Å². The van der Waals surface area contributed by atoms with Gasteiger partial charge in [-0.2, -0.15) is 0 Å². The Morgan fingerprint density at radius 2 is 2.00 bits per heavy atom. The summed E-state index contributed by atoms with van der Waals surface area (Å²) in [7, 11) is 1.61. The molecule has 0 aliphatic heterocycles. The lowest BCUT2D eigenvalue weighted by atomic mass is 10.1. The Kier molecular flexibility index (Phi) is 5.15. The van der Waals surface area contributed by atoms with Crippen LogP contribution in [0.3, 0.4) is 0 Å². The number of carbonyl (C=O) groups excluding carboxylic acids is 1. The maximum atomic E-state index is 12.5. The molecule has 1 heterocycles. The highest BCUT2D eigenvalue weighted by Gasteiger charge is 2.13. The number of aldehydes is 1. The summed E-state index contributed by atoms with van der Waals surface area (Å²) in [6.45, 7) is 4.65. The molecule has 0 spiro atoms. The first-order valence-electron chi connectivity index (χ1n) is 7.46. The van der Waals surface area contributed by atoms with Crippen LogP contribution in [0.15, 0.2) is 35.1 Å². The fourth-order valence-corrected chi connectivity index (χ4v) is 2.48. The van der Waals surface area contributed by atoms with Crippen molar-refractivity contribution in [2.75, 3.05) is 7.11 Å². The van der Waals surface area contributed by atoms with Crippen LogP contribution < -0.4 is 10.3 Å². The minimum absolute atomic E-state index is 0.187. The van der Waals surface area contributed by atoms with Crippen LogP contribution in [0, 0.1) is 6.92 Å². The van der Waals surface area contributed by atoms with Crippen LogP contribution in [0.1, 0.15) is 35.7 Å². The molecule has 1 aromatic heterocycles. The lowest BCUT2D eigenvalue weighted by molar-refractivity contribution is 0.112. The Morgan fingerprint density at radius 3 is 2.64 bits per heavy atom. The molecule has 4 nitrogen and oxygen atoms in total.